The molecular formula is C16H16N2OS. The largest absolute Gasteiger partial charge is 0.326 e. The zero-order valence-corrected chi connectivity index (χ0v) is 12.0. The van der Waals surface area contributed by atoms with Crippen LogP contribution >= 0.6 is 11.8 Å². The lowest BCUT2D eigenvalue weighted by Gasteiger charge is -2.16. The molecule has 3 nitrogen and oxygen atoms in total. The number of thioether (sulfide) groups is 1. The van der Waals surface area contributed by atoms with Crippen molar-refractivity contribution in [2.45, 2.75) is 17.4 Å². The highest BCUT2D eigenvalue weighted by molar-refractivity contribution is 7.98. The number of hydrogen-bond donors (Lipinski definition) is 2. The molecule has 2 aromatic rings. The van der Waals surface area contributed by atoms with E-state index in [4.69, 9.17) is 5.73 Å². The molecule has 1 heterocycles. The number of amides is 1. The maximum Gasteiger partial charge on any atom is 0.228 e. The SMILES string of the molecule is CSc1ccccc1C(N)c1ccc2c(c1)CC(=O)N2. The summed E-state index contributed by atoms with van der Waals surface area (Å²) in [5.74, 6) is 0.0511. The van der Waals surface area contributed by atoms with Gasteiger partial charge in [0, 0.05) is 10.6 Å². The highest BCUT2D eigenvalue weighted by atomic mass is 32.2. The van der Waals surface area contributed by atoms with Crippen LogP contribution < -0.4 is 11.1 Å². The maximum atomic E-state index is 11.4. The fourth-order valence-electron chi connectivity index (χ4n) is 2.55. The third kappa shape index (κ3) is 2.32. The van der Waals surface area contributed by atoms with Crippen molar-refractivity contribution < 1.29 is 4.79 Å². The van der Waals surface area contributed by atoms with Crippen LogP contribution in [0.3, 0.4) is 0 Å². The summed E-state index contributed by atoms with van der Waals surface area (Å²) in [6, 6.07) is 14.0. The first-order valence-corrected chi connectivity index (χ1v) is 7.72. The van der Waals surface area contributed by atoms with Crippen molar-refractivity contribution in [3.8, 4) is 0 Å². The van der Waals surface area contributed by atoms with Crippen molar-refractivity contribution in [1.29, 1.82) is 0 Å². The lowest BCUT2D eigenvalue weighted by atomic mass is 9.97. The molecule has 2 aromatic carbocycles. The van der Waals surface area contributed by atoms with Gasteiger partial charge in [-0.25, -0.2) is 0 Å². The molecule has 20 heavy (non-hydrogen) atoms. The van der Waals surface area contributed by atoms with Gasteiger partial charge in [0.1, 0.15) is 0 Å². The predicted molar refractivity (Wildman–Crippen MR) is 83.0 cm³/mol. The van der Waals surface area contributed by atoms with Crippen LogP contribution in [-0.2, 0) is 11.2 Å². The van der Waals surface area contributed by atoms with Gasteiger partial charge >= 0.3 is 0 Å². The molecule has 3 rings (SSSR count). The molecule has 0 spiro atoms. The monoisotopic (exact) mass is 284 g/mol. The van der Waals surface area contributed by atoms with Gasteiger partial charge in [-0.15, -0.1) is 11.8 Å². The second-order valence-electron chi connectivity index (χ2n) is 4.86. The van der Waals surface area contributed by atoms with E-state index in [0.717, 1.165) is 22.4 Å². The van der Waals surface area contributed by atoms with Gasteiger partial charge in [-0.1, -0.05) is 30.3 Å². The van der Waals surface area contributed by atoms with Crippen LogP contribution in [0, 0.1) is 0 Å². The van der Waals surface area contributed by atoms with E-state index in [-0.39, 0.29) is 11.9 Å². The molecule has 3 N–H and O–H groups in total. The van der Waals surface area contributed by atoms with Gasteiger partial charge in [0.05, 0.1) is 12.5 Å². The molecule has 1 aliphatic heterocycles. The van der Waals surface area contributed by atoms with Crippen molar-refractivity contribution in [3.05, 3.63) is 59.2 Å². The molecule has 0 aromatic heterocycles. The molecule has 1 aliphatic rings. The van der Waals surface area contributed by atoms with Crippen molar-refractivity contribution in [3.63, 3.8) is 0 Å². The standard InChI is InChI=1S/C16H16N2OS/c1-20-14-5-3-2-4-12(14)16(17)10-6-7-13-11(8-10)9-15(19)18-13/h2-8,16H,9,17H2,1H3,(H,18,19). The minimum Gasteiger partial charge on any atom is -0.326 e. The number of carbonyl (C=O) groups is 1. The zero-order chi connectivity index (χ0) is 14.1. The summed E-state index contributed by atoms with van der Waals surface area (Å²) in [6.45, 7) is 0. The van der Waals surface area contributed by atoms with E-state index in [1.165, 1.54) is 4.90 Å². The Morgan fingerprint density at radius 2 is 2.05 bits per heavy atom. The van der Waals surface area contributed by atoms with E-state index in [1.54, 1.807) is 11.8 Å². The summed E-state index contributed by atoms with van der Waals surface area (Å²) in [7, 11) is 0. The average Bonchev–Trinajstić information content (AvgIpc) is 2.85. The third-order valence-corrected chi connectivity index (χ3v) is 4.40. The number of nitrogens with two attached hydrogens (primary N) is 1. The molecule has 1 amide bonds. The summed E-state index contributed by atoms with van der Waals surface area (Å²) in [4.78, 5) is 12.6. The highest BCUT2D eigenvalue weighted by Crippen LogP contribution is 2.31. The molecule has 1 unspecified atom stereocenters. The number of nitrogens with one attached hydrogen (secondary N) is 1. The molecule has 0 saturated carbocycles. The Morgan fingerprint density at radius 3 is 2.85 bits per heavy atom. The van der Waals surface area contributed by atoms with Crippen LogP contribution in [0.5, 0.6) is 0 Å². The molecule has 0 aliphatic carbocycles. The van der Waals surface area contributed by atoms with E-state index in [9.17, 15) is 4.79 Å². The molecule has 4 heteroatoms. The van der Waals surface area contributed by atoms with E-state index in [2.05, 4.69) is 23.7 Å². The minimum atomic E-state index is -0.167. The smallest absolute Gasteiger partial charge is 0.228 e. The summed E-state index contributed by atoms with van der Waals surface area (Å²) in [6.07, 6.45) is 2.50. The lowest BCUT2D eigenvalue weighted by molar-refractivity contribution is -0.115. The molecule has 0 fully saturated rings. The minimum absolute atomic E-state index is 0.0511. The van der Waals surface area contributed by atoms with Crippen molar-refractivity contribution in [1.82, 2.24) is 0 Å². The van der Waals surface area contributed by atoms with Crippen molar-refractivity contribution in [2.24, 2.45) is 5.73 Å². The number of hydrogen-bond acceptors (Lipinski definition) is 3. The maximum absolute atomic E-state index is 11.4. The summed E-state index contributed by atoms with van der Waals surface area (Å²) in [5.41, 5.74) is 10.5. The van der Waals surface area contributed by atoms with Crippen molar-refractivity contribution >= 4 is 23.4 Å². The number of carbonyl (C=O) groups excluding carboxylic acids is 1. The molecule has 0 saturated heterocycles. The van der Waals surface area contributed by atoms with Crippen LogP contribution in [0.1, 0.15) is 22.7 Å². The first-order valence-electron chi connectivity index (χ1n) is 6.50. The topological polar surface area (TPSA) is 55.1 Å². The van der Waals surface area contributed by atoms with Gasteiger partial charge in [0.15, 0.2) is 0 Å². The number of rotatable bonds is 3. The Kier molecular flexibility index (Phi) is 3.51. The quantitative estimate of drug-likeness (QED) is 0.852. The van der Waals surface area contributed by atoms with E-state index in [1.807, 2.05) is 30.3 Å². The van der Waals surface area contributed by atoms with Gasteiger partial charge in [-0.2, -0.15) is 0 Å². The van der Waals surface area contributed by atoms with Gasteiger partial charge < -0.3 is 11.1 Å². The van der Waals surface area contributed by atoms with Crippen LogP contribution in [0.25, 0.3) is 0 Å². The summed E-state index contributed by atoms with van der Waals surface area (Å²) in [5, 5.41) is 2.84. The zero-order valence-electron chi connectivity index (χ0n) is 11.2. The van der Waals surface area contributed by atoms with E-state index < -0.39 is 0 Å². The van der Waals surface area contributed by atoms with Gasteiger partial charge in [-0.05, 0) is 35.1 Å². The molecule has 0 bridgehead atoms. The number of anilines is 1. The van der Waals surface area contributed by atoms with Crippen LogP contribution in [0.2, 0.25) is 0 Å². The Hall–Kier alpha value is -1.78. The van der Waals surface area contributed by atoms with Gasteiger partial charge in [0.25, 0.3) is 0 Å². The second kappa shape index (κ2) is 5.31. The Bertz CT molecular complexity index is 669. The second-order valence-corrected chi connectivity index (χ2v) is 5.71. The Balaban J connectivity index is 1.97. The Morgan fingerprint density at radius 1 is 1.25 bits per heavy atom. The molecular weight excluding hydrogens is 268 g/mol. The van der Waals surface area contributed by atoms with E-state index in [0.29, 0.717) is 6.42 Å². The van der Waals surface area contributed by atoms with Crippen LogP contribution in [0.15, 0.2) is 47.4 Å². The van der Waals surface area contributed by atoms with Crippen LogP contribution in [0.4, 0.5) is 5.69 Å². The van der Waals surface area contributed by atoms with Crippen LogP contribution in [-0.4, -0.2) is 12.2 Å². The van der Waals surface area contributed by atoms with Gasteiger partial charge in [0.2, 0.25) is 5.91 Å². The molecule has 0 radical (unpaired) electrons. The predicted octanol–water partition coefficient (Wildman–Crippen LogP) is 2.95. The highest BCUT2D eigenvalue weighted by Gasteiger charge is 2.20. The first-order chi connectivity index (χ1) is 9.69. The number of benzene rings is 2. The number of fused-ring (bicyclic) bond motifs is 1. The summed E-state index contributed by atoms with van der Waals surface area (Å²) < 4.78 is 0. The lowest BCUT2D eigenvalue weighted by Crippen LogP contribution is -2.13. The van der Waals surface area contributed by atoms with E-state index >= 15 is 0 Å². The Labute approximate surface area is 122 Å². The summed E-state index contributed by atoms with van der Waals surface area (Å²) >= 11 is 1.70. The fourth-order valence-corrected chi connectivity index (χ4v) is 3.19. The van der Waals surface area contributed by atoms with Crippen molar-refractivity contribution in [2.75, 3.05) is 11.6 Å². The molecule has 1 atom stereocenters. The van der Waals surface area contributed by atoms with Gasteiger partial charge in [-0.3, -0.25) is 4.79 Å². The molecule has 102 valence electrons. The fraction of sp³-hybridized carbons (Fsp3) is 0.188. The average molecular weight is 284 g/mol. The first kappa shape index (κ1) is 13.2. The normalized spacial score (nSPS) is 14.8. The third-order valence-electron chi connectivity index (χ3n) is 3.59.